The Morgan fingerprint density at radius 1 is 1.11 bits per heavy atom. The highest BCUT2D eigenvalue weighted by Gasteiger charge is 2.42. The van der Waals surface area contributed by atoms with Crippen LogP contribution in [0.4, 0.5) is 11.6 Å². The minimum Gasteiger partial charge on any atom is -0.493 e. The second-order valence-electron chi connectivity index (χ2n) is 9.40. The van der Waals surface area contributed by atoms with Crippen LogP contribution in [0.15, 0.2) is 59.7 Å². The molecule has 0 atom stereocenters. The molecule has 0 saturated carbocycles. The van der Waals surface area contributed by atoms with Crippen LogP contribution in [-0.4, -0.2) is 53.0 Å². The summed E-state index contributed by atoms with van der Waals surface area (Å²) in [5.41, 5.74) is 1.44. The second kappa shape index (κ2) is 9.96. The van der Waals surface area contributed by atoms with Gasteiger partial charge in [0.1, 0.15) is 0 Å². The molecule has 5 rings (SSSR count). The maximum atomic E-state index is 13.6. The van der Waals surface area contributed by atoms with Gasteiger partial charge in [-0.3, -0.25) is 19.3 Å². The van der Waals surface area contributed by atoms with Crippen LogP contribution in [0, 0.1) is 5.41 Å². The Hall–Kier alpha value is -4.34. The van der Waals surface area contributed by atoms with E-state index in [0.717, 1.165) is 5.56 Å². The number of fused-ring (bicyclic) bond motifs is 1. The molecule has 1 fully saturated rings. The first-order valence-electron chi connectivity index (χ1n) is 12.2. The van der Waals surface area contributed by atoms with Gasteiger partial charge in [0, 0.05) is 32.4 Å². The number of rotatable bonds is 7. The largest absolute Gasteiger partial charge is 0.493 e. The van der Waals surface area contributed by atoms with Crippen molar-refractivity contribution < 1.29 is 14.3 Å². The number of carbonyl (C=O) groups excluding carboxylic acids is 1. The van der Waals surface area contributed by atoms with Crippen LogP contribution < -0.4 is 25.2 Å². The Kier molecular flexibility index (Phi) is 6.56. The molecule has 10 heteroatoms. The molecule has 1 amide bonds. The number of anilines is 2. The van der Waals surface area contributed by atoms with Gasteiger partial charge in [-0.2, -0.15) is 5.10 Å². The van der Waals surface area contributed by atoms with Crippen LogP contribution in [0.25, 0.3) is 10.9 Å². The Morgan fingerprint density at radius 3 is 2.46 bits per heavy atom. The van der Waals surface area contributed by atoms with E-state index in [9.17, 15) is 9.59 Å². The third-order valence-corrected chi connectivity index (χ3v) is 7.05. The zero-order chi connectivity index (χ0) is 26.0. The molecule has 0 bridgehead atoms. The number of hydrogen-bond donors (Lipinski definition) is 2. The zero-order valence-electron chi connectivity index (χ0n) is 21.2. The topological polar surface area (TPSA) is 114 Å². The van der Waals surface area contributed by atoms with Gasteiger partial charge < -0.3 is 19.7 Å². The number of aryl methyl sites for hydroxylation is 1. The maximum Gasteiger partial charge on any atom is 0.260 e. The molecular weight excluding hydrogens is 472 g/mol. The molecule has 10 nitrogen and oxygen atoms in total. The summed E-state index contributed by atoms with van der Waals surface area (Å²) in [6.07, 6.45) is 5.25. The van der Waals surface area contributed by atoms with Crippen molar-refractivity contribution in [2.45, 2.75) is 19.3 Å². The van der Waals surface area contributed by atoms with Crippen molar-refractivity contribution >= 4 is 28.4 Å². The van der Waals surface area contributed by atoms with E-state index in [1.807, 2.05) is 30.1 Å². The fourth-order valence-corrected chi connectivity index (χ4v) is 4.97. The predicted octanol–water partition coefficient (Wildman–Crippen LogP) is 3.14. The number of amides is 1. The van der Waals surface area contributed by atoms with Gasteiger partial charge in [0.05, 0.1) is 42.4 Å². The molecule has 0 unspecified atom stereocenters. The normalized spacial score (nSPS) is 14.9. The van der Waals surface area contributed by atoms with Crippen LogP contribution >= 0.6 is 0 Å². The van der Waals surface area contributed by atoms with Gasteiger partial charge in [0.15, 0.2) is 11.5 Å². The van der Waals surface area contributed by atoms with Crippen molar-refractivity contribution in [2.75, 3.05) is 37.5 Å². The first-order valence-corrected chi connectivity index (χ1v) is 12.2. The van der Waals surface area contributed by atoms with Crippen LogP contribution in [0.3, 0.4) is 0 Å². The quantitative estimate of drug-likeness (QED) is 0.399. The van der Waals surface area contributed by atoms with E-state index < -0.39 is 5.41 Å². The molecule has 1 saturated heterocycles. The van der Waals surface area contributed by atoms with Crippen LogP contribution in [0.2, 0.25) is 0 Å². The van der Waals surface area contributed by atoms with E-state index in [4.69, 9.17) is 14.5 Å². The average molecular weight is 503 g/mol. The lowest BCUT2D eigenvalue weighted by Gasteiger charge is -2.41. The maximum absolute atomic E-state index is 13.6. The number of nitrogens with zero attached hydrogens (tertiary/aromatic N) is 4. The third kappa shape index (κ3) is 4.87. The summed E-state index contributed by atoms with van der Waals surface area (Å²) in [5, 5.41) is 7.65. The van der Waals surface area contributed by atoms with Gasteiger partial charge in [-0.15, -0.1) is 0 Å². The highest BCUT2D eigenvalue weighted by atomic mass is 16.5. The molecular formula is C27H30N6O4. The molecule has 2 aromatic heterocycles. The molecule has 3 heterocycles. The molecule has 37 heavy (non-hydrogen) atoms. The molecule has 1 aliphatic heterocycles. The lowest BCUT2D eigenvalue weighted by molar-refractivity contribution is -0.126. The Morgan fingerprint density at radius 2 is 1.81 bits per heavy atom. The smallest absolute Gasteiger partial charge is 0.260 e. The predicted molar refractivity (Wildman–Crippen MR) is 141 cm³/mol. The molecule has 192 valence electrons. The van der Waals surface area contributed by atoms with Gasteiger partial charge in [0.2, 0.25) is 11.9 Å². The fraction of sp³-hybridized carbons (Fsp3) is 0.333. The highest BCUT2D eigenvalue weighted by Crippen LogP contribution is 2.38. The van der Waals surface area contributed by atoms with E-state index in [0.29, 0.717) is 66.4 Å². The SMILES string of the molecule is COc1cc2nc(N3CCC(Cc4ccccc4)(C(=O)Nc4cnn(C)c4)CC3)[nH]c(=O)c2cc1OC. The summed E-state index contributed by atoms with van der Waals surface area (Å²) in [7, 11) is 4.89. The van der Waals surface area contributed by atoms with Crippen molar-refractivity contribution in [3.05, 3.63) is 70.8 Å². The van der Waals surface area contributed by atoms with Gasteiger partial charge in [-0.1, -0.05) is 30.3 Å². The molecule has 4 aromatic rings. The minimum absolute atomic E-state index is 0.0270. The number of methoxy groups -OCH3 is 2. The number of benzene rings is 2. The molecule has 0 spiro atoms. The van der Waals surface area contributed by atoms with Gasteiger partial charge in [0.25, 0.3) is 5.56 Å². The summed E-state index contributed by atoms with van der Waals surface area (Å²) in [6.45, 7) is 1.13. The van der Waals surface area contributed by atoms with Crippen molar-refractivity contribution in [1.29, 1.82) is 0 Å². The molecule has 2 N–H and O–H groups in total. The summed E-state index contributed by atoms with van der Waals surface area (Å²) >= 11 is 0. The van der Waals surface area contributed by atoms with E-state index in [1.54, 1.807) is 36.3 Å². The van der Waals surface area contributed by atoms with Crippen molar-refractivity contribution in [3.8, 4) is 11.5 Å². The van der Waals surface area contributed by atoms with Crippen molar-refractivity contribution in [1.82, 2.24) is 19.7 Å². The van der Waals surface area contributed by atoms with E-state index in [-0.39, 0.29) is 11.5 Å². The number of nitrogens with one attached hydrogen (secondary N) is 2. The Bertz CT molecular complexity index is 1470. The summed E-state index contributed by atoms with van der Waals surface area (Å²) in [5.74, 6) is 1.43. The van der Waals surface area contributed by atoms with Crippen molar-refractivity contribution in [2.24, 2.45) is 12.5 Å². The number of aromatic nitrogens is 4. The standard InChI is InChI=1S/C27H30N6O4/c1-32-17-19(16-28-32)29-25(35)27(15-18-7-5-4-6-8-18)9-11-33(12-10-27)26-30-21-14-23(37-3)22(36-2)13-20(21)24(34)31-26/h4-8,13-14,16-17H,9-12,15H2,1-3H3,(H,29,35)(H,30,31,34). The average Bonchev–Trinajstić information content (AvgIpc) is 3.33. The van der Waals surface area contributed by atoms with Crippen LogP contribution in [0.1, 0.15) is 18.4 Å². The molecule has 2 aromatic carbocycles. The van der Waals surface area contributed by atoms with E-state index in [1.165, 1.54) is 7.11 Å². The van der Waals surface area contributed by atoms with Gasteiger partial charge >= 0.3 is 0 Å². The fourth-order valence-electron chi connectivity index (χ4n) is 4.97. The number of ether oxygens (including phenoxy) is 2. The third-order valence-electron chi connectivity index (χ3n) is 7.05. The van der Waals surface area contributed by atoms with Crippen LogP contribution in [0.5, 0.6) is 11.5 Å². The second-order valence-corrected chi connectivity index (χ2v) is 9.40. The zero-order valence-corrected chi connectivity index (χ0v) is 21.2. The first-order chi connectivity index (χ1) is 17.9. The van der Waals surface area contributed by atoms with E-state index in [2.05, 4.69) is 27.5 Å². The Labute approximate surface area is 214 Å². The number of piperidine rings is 1. The lowest BCUT2D eigenvalue weighted by Crippen LogP contribution is -2.48. The molecule has 0 aliphatic carbocycles. The summed E-state index contributed by atoms with van der Waals surface area (Å²) in [4.78, 5) is 36.2. The van der Waals surface area contributed by atoms with Crippen molar-refractivity contribution in [3.63, 3.8) is 0 Å². The highest BCUT2D eigenvalue weighted by molar-refractivity contribution is 5.95. The van der Waals surface area contributed by atoms with Gasteiger partial charge in [-0.05, 0) is 30.9 Å². The lowest BCUT2D eigenvalue weighted by atomic mass is 9.73. The number of hydrogen-bond acceptors (Lipinski definition) is 7. The molecule has 0 radical (unpaired) electrons. The monoisotopic (exact) mass is 502 g/mol. The number of carbonyl (C=O) groups is 1. The van der Waals surface area contributed by atoms with E-state index >= 15 is 0 Å². The number of H-pyrrole nitrogens is 1. The summed E-state index contributed by atoms with van der Waals surface area (Å²) in [6, 6.07) is 13.4. The first kappa shape index (κ1) is 24.4. The summed E-state index contributed by atoms with van der Waals surface area (Å²) < 4.78 is 12.4. The minimum atomic E-state index is -0.610. The Balaban J connectivity index is 1.42. The molecule has 1 aliphatic rings. The van der Waals surface area contributed by atoms with Crippen LogP contribution in [-0.2, 0) is 18.3 Å². The number of aromatic amines is 1. The van der Waals surface area contributed by atoms with Gasteiger partial charge in [-0.25, -0.2) is 4.98 Å².